The predicted molar refractivity (Wildman–Crippen MR) is 150 cm³/mol. The fourth-order valence-electron chi connectivity index (χ4n) is 3.87. The van der Waals surface area contributed by atoms with Gasteiger partial charge in [-0.05, 0) is 85.3 Å². The van der Waals surface area contributed by atoms with Crippen molar-refractivity contribution < 1.29 is 30.7 Å². The van der Waals surface area contributed by atoms with E-state index in [1.54, 1.807) is 19.1 Å². The Morgan fingerprint density at radius 2 is 1.30 bits per heavy atom. The highest BCUT2D eigenvalue weighted by Gasteiger charge is 2.20. The molecule has 12 nitrogen and oxygen atoms in total. The Hall–Kier alpha value is -4.24. The molecule has 0 spiro atoms. The van der Waals surface area contributed by atoms with Crippen LogP contribution in [-0.2, 0) is 20.2 Å². The van der Waals surface area contributed by atoms with Crippen LogP contribution in [0.3, 0.4) is 0 Å². The Balaban J connectivity index is 1.71. The first-order chi connectivity index (χ1) is 18.7. The number of hydrogen-bond acceptors (Lipinski definition) is 10. The van der Waals surface area contributed by atoms with Gasteiger partial charge in [0.1, 0.15) is 16.3 Å². The maximum atomic E-state index is 11.9. The average molecular weight is 584 g/mol. The molecule has 0 aliphatic heterocycles. The zero-order valence-electron chi connectivity index (χ0n) is 21.8. The molecule has 0 saturated carbocycles. The maximum Gasteiger partial charge on any atom is 0.295 e. The van der Waals surface area contributed by atoms with Gasteiger partial charge >= 0.3 is 0 Å². The molecule has 0 radical (unpaired) electrons. The number of methoxy groups -OCH3 is 1. The molecule has 0 bridgehead atoms. The number of fused-ring (bicyclic) bond motifs is 1. The van der Waals surface area contributed by atoms with Gasteiger partial charge in [-0.3, -0.25) is 9.11 Å². The molecule has 4 rings (SSSR count). The summed E-state index contributed by atoms with van der Waals surface area (Å²) in [5.41, 5.74) is 10.8. The van der Waals surface area contributed by atoms with Crippen LogP contribution in [0.2, 0.25) is 0 Å². The highest BCUT2D eigenvalue weighted by Crippen LogP contribution is 2.38. The highest BCUT2D eigenvalue weighted by atomic mass is 32.2. The molecule has 0 saturated heterocycles. The van der Waals surface area contributed by atoms with Crippen LogP contribution in [0, 0.1) is 20.8 Å². The van der Waals surface area contributed by atoms with Crippen LogP contribution in [0.25, 0.3) is 10.8 Å². The molecule has 4 N–H and O–H groups in total. The van der Waals surface area contributed by atoms with Crippen LogP contribution in [0.5, 0.6) is 5.75 Å². The number of nitrogen functional groups attached to an aromatic ring is 1. The average Bonchev–Trinajstić information content (AvgIpc) is 2.87. The van der Waals surface area contributed by atoms with Crippen molar-refractivity contribution in [1.82, 2.24) is 0 Å². The zero-order valence-corrected chi connectivity index (χ0v) is 23.4. The summed E-state index contributed by atoms with van der Waals surface area (Å²) in [6.45, 7) is 5.56. The van der Waals surface area contributed by atoms with Gasteiger partial charge in [0, 0.05) is 17.1 Å². The van der Waals surface area contributed by atoms with Crippen LogP contribution in [0.4, 0.5) is 28.4 Å². The molecule has 0 atom stereocenters. The van der Waals surface area contributed by atoms with Crippen molar-refractivity contribution >= 4 is 59.4 Å². The fraction of sp³-hybridized carbons (Fsp3) is 0.154. The van der Waals surface area contributed by atoms with E-state index in [-0.39, 0.29) is 16.5 Å². The van der Waals surface area contributed by atoms with Crippen molar-refractivity contribution in [2.75, 3.05) is 12.8 Å². The highest BCUT2D eigenvalue weighted by molar-refractivity contribution is 7.86. The quantitative estimate of drug-likeness (QED) is 0.122. The van der Waals surface area contributed by atoms with Gasteiger partial charge in [-0.1, -0.05) is 6.07 Å². The van der Waals surface area contributed by atoms with E-state index in [0.717, 1.165) is 17.2 Å². The summed E-state index contributed by atoms with van der Waals surface area (Å²) in [5.74, 6) is 0.387. The van der Waals surface area contributed by atoms with Crippen LogP contribution in [0.15, 0.2) is 84.8 Å². The molecule has 0 heterocycles. The van der Waals surface area contributed by atoms with E-state index < -0.39 is 30.0 Å². The van der Waals surface area contributed by atoms with Gasteiger partial charge in [0.05, 0.1) is 29.1 Å². The fourth-order valence-corrected chi connectivity index (χ4v) is 5.22. The third-order valence-electron chi connectivity index (χ3n) is 6.07. The van der Waals surface area contributed by atoms with E-state index in [9.17, 15) is 25.9 Å². The predicted octanol–water partition coefficient (Wildman–Crippen LogP) is 6.68. The van der Waals surface area contributed by atoms with Gasteiger partial charge in [0.15, 0.2) is 0 Å². The second-order valence-corrected chi connectivity index (χ2v) is 11.8. The summed E-state index contributed by atoms with van der Waals surface area (Å²) < 4.78 is 71.5. The van der Waals surface area contributed by atoms with Gasteiger partial charge in [-0.2, -0.15) is 32.2 Å². The van der Waals surface area contributed by atoms with E-state index in [4.69, 9.17) is 10.5 Å². The number of azo groups is 2. The van der Waals surface area contributed by atoms with Crippen molar-refractivity contribution in [2.24, 2.45) is 20.5 Å². The van der Waals surface area contributed by atoms with Crippen LogP contribution < -0.4 is 10.5 Å². The monoisotopic (exact) mass is 583 g/mol. The minimum Gasteiger partial charge on any atom is -0.494 e. The Bertz CT molecular complexity index is 1940. The molecule has 4 aromatic rings. The Morgan fingerprint density at radius 3 is 1.95 bits per heavy atom. The number of anilines is 1. The molecule has 0 unspecified atom stereocenters. The minimum absolute atomic E-state index is 0.00962. The van der Waals surface area contributed by atoms with Gasteiger partial charge in [-0.25, -0.2) is 0 Å². The number of nitrogens with two attached hydrogens (primary N) is 1. The SMILES string of the molecule is COc1cc(N=Nc2ccc3cc(S(=O)(=O)O)cc(S(=O)(=O)O)c3c2)c(C)cc1N=Nc1cc(C)c(N)cc1C. The van der Waals surface area contributed by atoms with Gasteiger partial charge in [0.2, 0.25) is 0 Å². The van der Waals surface area contributed by atoms with Crippen LogP contribution >= 0.6 is 0 Å². The van der Waals surface area contributed by atoms with E-state index in [0.29, 0.717) is 40.1 Å². The lowest BCUT2D eigenvalue weighted by molar-refractivity contribution is 0.416. The molecular formula is C26H25N5O7S2. The lowest BCUT2D eigenvalue weighted by atomic mass is 10.1. The van der Waals surface area contributed by atoms with Gasteiger partial charge < -0.3 is 10.5 Å². The normalized spacial score (nSPS) is 12.6. The molecule has 208 valence electrons. The van der Waals surface area contributed by atoms with E-state index >= 15 is 0 Å². The van der Waals surface area contributed by atoms with Crippen molar-refractivity contribution in [3.8, 4) is 5.75 Å². The Labute approximate surface area is 230 Å². The van der Waals surface area contributed by atoms with Crippen molar-refractivity contribution in [1.29, 1.82) is 0 Å². The van der Waals surface area contributed by atoms with Gasteiger partial charge in [0.25, 0.3) is 20.2 Å². The Morgan fingerprint density at radius 1 is 0.700 bits per heavy atom. The van der Waals surface area contributed by atoms with E-state index in [2.05, 4.69) is 20.5 Å². The number of ether oxygens (including phenoxy) is 1. The second-order valence-electron chi connectivity index (χ2n) is 8.98. The number of aryl methyl sites for hydroxylation is 3. The molecule has 4 aromatic carbocycles. The standard InChI is InChI=1S/C26H25N5O7S2/c1-14-8-22(15(2)7-21(14)27)30-31-24-9-16(3)23(13-25(24)38-4)29-28-18-6-5-17-10-19(39(32,33)34)12-26(20(17)11-18)40(35,36)37/h5-13H,27H2,1-4H3,(H,32,33,34)(H,35,36,37). The molecule has 0 aromatic heterocycles. The largest absolute Gasteiger partial charge is 0.494 e. The number of nitrogens with zero attached hydrogens (tertiary/aromatic N) is 4. The third kappa shape index (κ3) is 6.15. The van der Waals surface area contributed by atoms with E-state index in [1.165, 1.54) is 25.3 Å². The maximum absolute atomic E-state index is 11.9. The van der Waals surface area contributed by atoms with E-state index in [1.807, 2.05) is 26.0 Å². The molecule has 40 heavy (non-hydrogen) atoms. The molecule has 0 fully saturated rings. The topological polar surface area (TPSA) is 193 Å². The van der Waals surface area contributed by atoms with Crippen molar-refractivity contribution in [3.05, 3.63) is 71.3 Å². The van der Waals surface area contributed by atoms with Crippen LogP contribution in [-0.4, -0.2) is 33.1 Å². The first kappa shape index (κ1) is 28.8. The van der Waals surface area contributed by atoms with Crippen molar-refractivity contribution in [2.45, 2.75) is 30.6 Å². The Kier molecular flexibility index (Phi) is 7.72. The molecule has 0 aliphatic carbocycles. The molecular weight excluding hydrogens is 558 g/mol. The summed E-state index contributed by atoms with van der Waals surface area (Å²) in [6.07, 6.45) is 0. The summed E-state index contributed by atoms with van der Waals surface area (Å²) in [5, 5.41) is 17.2. The number of rotatable bonds is 7. The molecule has 14 heteroatoms. The zero-order chi connectivity index (χ0) is 29.4. The first-order valence-corrected chi connectivity index (χ1v) is 14.5. The molecule has 0 amide bonds. The molecule has 0 aliphatic rings. The lowest BCUT2D eigenvalue weighted by Crippen LogP contribution is -2.04. The van der Waals surface area contributed by atoms with Gasteiger partial charge in [-0.15, -0.1) is 5.11 Å². The first-order valence-electron chi connectivity index (χ1n) is 11.6. The number of benzene rings is 4. The summed E-state index contributed by atoms with van der Waals surface area (Å²) in [6, 6.07) is 13.0. The number of hydrogen-bond donors (Lipinski definition) is 3. The third-order valence-corrected chi connectivity index (χ3v) is 7.79. The van der Waals surface area contributed by atoms with Crippen LogP contribution in [0.1, 0.15) is 16.7 Å². The second kappa shape index (κ2) is 10.7. The van der Waals surface area contributed by atoms with Crippen molar-refractivity contribution in [3.63, 3.8) is 0 Å². The summed E-state index contributed by atoms with van der Waals surface area (Å²) in [7, 11) is -8.09. The summed E-state index contributed by atoms with van der Waals surface area (Å²) in [4.78, 5) is -1.38. The summed E-state index contributed by atoms with van der Waals surface area (Å²) >= 11 is 0. The lowest BCUT2D eigenvalue weighted by Gasteiger charge is -2.09. The smallest absolute Gasteiger partial charge is 0.295 e. The minimum atomic E-state index is -4.84.